The standard InChI is InChI=1S/C7H9F3N2/c1-4(2)6-5(3-11-12-6)7(8,9)10/h3-4H,1-2H3,(H,11,12). The molecule has 0 aliphatic heterocycles. The molecule has 1 aromatic rings. The molecule has 1 N–H and O–H groups in total. The minimum Gasteiger partial charge on any atom is -0.285 e. The molecule has 5 heteroatoms. The summed E-state index contributed by atoms with van der Waals surface area (Å²) in [6.45, 7) is 3.34. The van der Waals surface area contributed by atoms with Gasteiger partial charge in [-0.2, -0.15) is 18.3 Å². The van der Waals surface area contributed by atoms with E-state index in [1.807, 2.05) is 0 Å². The summed E-state index contributed by atoms with van der Waals surface area (Å²) in [6.07, 6.45) is -3.41. The third kappa shape index (κ3) is 1.60. The SMILES string of the molecule is CC(C)c1n[nH]cc1C(F)(F)F. The molecule has 0 saturated heterocycles. The Labute approximate surface area is 67.8 Å². The Balaban J connectivity index is 3.08. The van der Waals surface area contributed by atoms with Gasteiger partial charge in [0.1, 0.15) is 0 Å². The Morgan fingerprint density at radius 3 is 2.33 bits per heavy atom. The zero-order chi connectivity index (χ0) is 9.35. The number of halogens is 3. The summed E-state index contributed by atoms with van der Waals surface area (Å²) < 4.78 is 36.5. The third-order valence-corrected chi connectivity index (χ3v) is 1.52. The zero-order valence-corrected chi connectivity index (χ0v) is 6.74. The first kappa shape index (κ1) is 9.09. The number of nitrogens with one attached hydrogen (secondary N) is 1. The van der Waals surface area contributed by atoms with Crippen LogP contribution in [0.15, 0.2) is 6.20 Å². The summed E-state index contributed by atoms with van der Waals surface area (Å²) in [7, 11) is 0. The van der Waals surface area contributed by atoms with E-state index in [0.29, 0.717) is 0 Å². The van der Waals surface area contributed by atoms with E-state index in [1.165, 1.54) is 0 Å². The maximum Gasteiger partial charge on any atom is 0.419 e. The molecule has 12 heavy (non-hydrogen) atoms. The molecule has 0 amide bonds. The number of alkyl halides is 3. The van der Waals surface area contributed by atoms with Gasteiger partial charge in [0.25, 0.3) is 0 Å². The summed E-state index contributed by atoms with van der Waals surface area (Å²) in [5.74, 6) is -0.215. The fraction of sp³-hybridized carbons (Fsp3) is 0.571. The minimum atomic E-state index is -4.30. The van der Waals surface area contributed by atoms with Crippen molar-refractivity contribution in [2.75, 3.05) is 0 Å². The first-order valence-electron chi connectivity index (χ1n) is 3.53. The number of H-pyrrole nitrogens is 1. The van der Waals surface area contributed by atoms with Crippen LogP contribution in [0.5, 0.6) is 0 Å². The summed E-state index contributed by atoms with van der Waals surface area (Å²) in [5.41, 5.74) is -0.597. The van der Waals surface area contributed by atoms with E-state index in [2.05, 4.69) is 10.2 Å². The highest BCUT2D eigenvalue weighted by molar-refractivity contribution is 5.22. The van der Waals surface area contributed by atoms with Crippen molar-refractivity contribution in [2.24, 2.45) is 0 Å². The first-order chi connectivity index (χ1) is 5.43. The van der Waals surface area contributed by atoms with Gasteiger partial charge in [-0.25, -0.2) is 0 Å². The van der Waals surface area contributed by atoms with Crippen molar-refractivity contribution >= 4 is 0 Å². The van der Waals surface area contributed by atoms with E-state index >= 15 is 0 Å². The van der Waals surface area contributed by atoms with Gasteiger partial charge in [-0.15, -0.1) is 0 Å². The molecular formula is C7H9F3N2. The number of aromatic nitrogens is 2. The highest BCUT2D eigenvalue weighted by Crippen LogP contribution is 2.33. The van der Waals surface area contributed by atoms with Crippen LogP contribution in [0, 0.1) is 0 Å². The molecule has 0 fully saturated rings. The molecule has 0 unspecified atom stereocenters. The molecule has 1 heterocycles. The lowest BCUT2D eigenvalue weighted by atomic mass is 10.1. The predicted octanol–water partition coefficient (Wildman–Crippen LogP) is 2.55. The number of aromatic amines is 1. The normalized spacial score (nSPS) is 12.5. The molecule has 0 aromatic carbocycles. The molecule has 0 spiro atoms. The van der Waals surface area contributed by atoms with E-state index in [0.717, 1.165) is 6.20 Å². The van der Waals surface area contributed by atoms with Gasteiger partial charge >= 0.3 is 6.18 Å². The molecule has 1 rings (SSSR count). The second-order valence-electron chi connectivity index (χ2n) is 2.84. The highest BCUT2D eigenvalue weighted by atomic mass is 19.4. The van der Waals surface area contributed by atoms with E-state index < -0.39 is 11.7 Å². The summed E-state index contributed by atoms with van der Waals surface area (Å²) in [5, 5.41) is 5.75. The molecule has 0 atom stereocenters. The molecular weight excluding hydrogens is 169 g/mol. The van der Waals surface area contributed by atoms with Crippen LogP contribution >= 0.6 is 0 Å². The van der Waals surface area contributed by atoms with Gasteiger partial charge in [-0.1, -0.05) is 13.8 Å². The fourth-order valence-corrected chi connectivity index (χ4v) is 0.968. The van der Waals surface area contributed by atoms with Gasteiger partial charge in [0, 0.05) is 6.20 Å². The Morgan fingerprint density at radius 2 is 2.00 bits per heavy atom. The molecule has 0 radical (unpaired) electrons. The second-order valence-corrected chi connectivity index (χ2v) is 2.84. The topological polar surface area (TPSA) is 28.7 Å². The van der Waals surface area contributed by atoms with Crippen LogP contribution in [0.25, 0.3) is 0 Å². The molecule has 0 bridgehead atoms. The zero-order valence-electron chi connectivity index (χ0n) is 6.74. The third-order valence-electron chi connectivity index (χ3n) is 1.52. The van der Waals surface area contributed by atoms with Gasteiger partial charge in [-0.05, 0) is 5.92 Å². The Hall–Kier alpha value is -1.00. The monoisotopic (exact) mass is 178 g/mol. The van der Waals surface area contributed by atoms with Crippen LogP contribution in [-0.4, -0.2) is 10.2 Å². The van der Waals surface area contributed by atoms with Crippen molar-refractivity contribution in [2.45, 2.75) is 25.9 Å². The average molecular weight is 178 g/mol. The van der Waals surface area contributed by atoms with Gasteiger partial charge in [0.2, 0.25) is 0 Å². The molecule has 68 valence electrons. The highest BCUT2D eigenvalue weighted by Gasteiger charge is 2.35. The molecule has 0 aliphatic rings. The lowest BCUT2D eigenvalue weighted by Crippen LogP contribution is -2.08. The summed E-state index contributed by atoms with van der Waals surface area (Å²) in [6, 6.07) is 0. The number of rotatable bonds is 1. The number of nitrogens with zero attached hydrogens (tertiary/aromatic N) is 1. The van der Waals surface area contributed by atoms with Crippen molar-refractivity contribution < 1.29 is 13.2 Å². The summed E-state index contributed by atoms with van der Waals surface area (Å²) in [4.78, 5) is 0. The predicted molar refractivity (Wildman–Crippen MR) is 37.7 cm³/mol. The number of hydrogen-bond acceptors (Lipinski definition) is 1. The average Bonchev–Trinajstić information content (AvgIpc) is 2.30. The van der Waals surface area contributed by atoms with Crippen molar-refractivity contribution in [3.63, 3.8) is 0 Å². The largest absolute Gasteiger partial charge is 0.419 e. The van der Waals surface area contributed by atoms with Crippen LogP contribution < -0.4 is 0 Å². The van der Waals surface area contributed by atoms with Crippen LogP contribution in [0.2, 0.25) is 0 Å². The smallest absolute Gasteiger partial charge is 0.285 e. The molecule has 0 saturated carbocycles. The van der Waals surface area contributed by atoms with Gasteiger partial charge in [0.15, 0.2) is 0 Å². The maximum absolute atomic E-state index is 12.2. The van der Waals surface area contributed by atoms with Crippen LogP contribution in [0.4, 0.5) is 13.2 Å². The van der Waals surface area contributed by atoms with Gasteiger partial charge < -0.3 is 0 Å². The van der Waals surface area contributed by atoms with Crippen molar-refractivity contribution in [3.05, 3.63) is 17.5 Å². The van der Waals surface area contributed by atoms with Crippen molar-refractivity contribution in [1.29, 1.82) is 0 Å². The van der Waals surface area contributed by atoms with E-state index in [1.54, 1.807) is 13.8 Å². The van der Waals surface area contributed by atoms with Gasteiger partial charge in [-0.3, -0.25) is 5.10 Å². The van der Waals surface area contributed by atoms with Crippen LogP contribution in [0.1, 0.15) is 31.0 Å². The minimum absolute atomic E-state index is 0.0718. The lowest BCUT2D eigenvalue weighted by Gasteiger charge is -2.07. The second kappa shape index (κ2) is 2.80. The quantitative estimate of drug-likeness (QED) is 0.703. The Bertz CT molecular complexity index is 262. The first-order valence-corrected chi connectivity index (χ1v) is 3.53. The van der Waals surface area contributed by atoms with E-state index in [9.17, 15) is 13.2 Å². The van der Waals surface area contributed by atoms with Crippen LogP contribution in [0.3, 0.4) is 0 Å². The fourth-order valence-electron chi connectivity index (χ4n) is 0.968. The Kier molecular flexibility index (Phi) is 2.12. The lowest BCUT2D eigenvalue weighted by molar-refractivity contribution is -0.138. The maximum atomic E-state index is 12.2. The van der Waals surface area contributed by atoms with Crippen LogP contribution in [-0.2, 0) is 6.18 Å². The summed E-state index contributed by atoms with van der Waals surface area (Å²) >= 11 is 0. The van der Waals surface area contributed by atoms with E-state index in [-0.39, 0.29) is 11.6 Å². The van der Waals surface area contributed by atoms with Gasteiger partial charge in [0.05, 0.1) is 11.3 Å². The number of hydrogen-bond donors (Lipinski definition) is 1. The van der Waals surface area contributed by atoms with E-state index in [4.69, 9.17) is 0 Å². The Morgan fingerprint density at radius 1 is 1.42 bits per heavy atom. The molecule has 1 aromatic heterocycles. The van der Waals surface area contributed by atoms with Crippen molar-refractivity contribution in [1.82, 2.24) is 10.2 Å². The molecule has 2 nitrogen and oxygen atoms in total. The van der Waals surface area contributed by atoms with Crippen molar-refractivity contribution in [3.8, 4) is 0 Å². The molecule has 0 aliphatic carbocycles.